The molecule has 0 unspecified atom stereocenters. The molecule has 6 heavy (non-hydrogen) atoms. The van der Waals surface area contributed by atoms with Crippen LogP contribution in [-0.2, 0) is 19.5 Å². The quantitative estimate of drug-likeness (QED) is 0.444. The molecule has 0 aromatic heterocycles. The van der Waals surface area contributed by atoms with E-state index in [0.29, 0.717) is 0 Å². The summed E-state index contributed by atoms with van der Waals surface area (Å²) in [6.07, 6.45) is 0. The second-order valence-electron chi connectivity index (χ2n) is 0.346. The fourth-order valence-corrected chi connectivity index (χ4v) is 0. The van der Waals surface area contributed by atoms with E-state index in [0.717, 1.165) is 0 Å². The van der Waals surface area contributed by atoms with Crippen molar-refractivity contribution in [2.75, 3.05) is 0 Å². The minimum Gasteiger partial charge on any atom is -0.402 e. The Morgan fingerprint density at radius 3 is 1.00 bits per heavy atom. The molecule has 0 heterocycles. The third-order valence-electron chi connectivity index (χ3n) is 0. The van der Waals surface area contributed by atoms with Crippen LogP contribution >= 0.6 is 0 Å². The second-order valence-corrected chi connectivity index (χ2v) is 0.346. The molecule has 0 aliphatic carbocycles. The average molecular weight is 271 g/mol. The van der Waals surface area contributed by atoms with Crippen LogP contribution in [0.5, 0.6) is 0 Å². The summed E-state index contributed by atoms with van der Waals surface area (Å²) < 4.78 is 0. The molecule has 0 aromatic rings. The van der Waals surface area contributed by atoms with Gasteiger partial charge in [-0.3, -0.25) is 0 Å². The molecule has 0 aliphatic heterocycles. The Balaban J connectivity index is -0.0000000450. The maximum absolute atomic E-state index is 7.17. The Morgan fingerprint density at radius 2 is 1.00 bits per heavy atom. The van der Waals surface area contributed by atoms with E-state index in [1.54, 1.807) is 0 Å². The summed E-state index contributed by atoms with van der Waals surface area (Å²) in [7, 11) is -2.17. The van der Waals surface area contributed by atoms with Gasteiger partial charge in [0.1, 0.15) is 0 Å². The van der Waals surface area contributed by atoms with Gasteiger partial charge in [0.15, 0.2) is 0 Å². The smallest absolute Gasteiger partial charge is 0.402 e. The van der Waals surface area contributed by atoms with Gasteiger partial charge >= 0.3 is 7.32 Å². The first-order valence-corrected chi connectivity index (χ1v) is 0.775. The standard InChI is InChI=1S/BH3O3.Nd.Zn/c2-1(3)4;;/h2-4H;;. The molecular formula is H3BNdO3Zn. The Hall–Kier alpha value is 1.92. The summed E-state index contributed by atoms with van der Waals surface area (Å²) in [5.41, 5.74) is 0. The molecule has 0 bridgehead atoms. The molecule has 6 heteroatoms. The van der Waals surface area contributed by atoms with Gasteiger partial charge in [0, 0.05) is 60.3 Å². The van der Waals surface area contributed by atoms with Crippen molar-refractivity contribution in [3.05, 3.63) is 0 Å². The predicted octanol–water partition coefficient (Wildman–Crippen LogP) is -2.05. The first-order valence-electron chi connectivity index (χ1n) is 0.775. The van der Waals surface area contributed by atoms with Crippen LogP contribution in [0.2, 0.25) is 0 Å². The minimum atomic E-state index is -2.17. The Kier molecular flexibility index (Phi) is 26.2. The summed E-state index contributed by atoms with van der Waals surface area (Å²) in [6.45, 7) is 0. The molecule has 0 aromatic carbocycles. The largest absolute Gasteiger partial charge is 0.631 e. The van der Waals surface area contributed by atoms with Crippen molar-refractivity contribution in [3.63, 3.8) is 0 Å². The van der Waals surface area contributed by atoms with Crippen molar-refractivity contribution >= 4 is 7.32 Å². The summed E-state index contributed by atoms with van der Waals surface area (Å²) >= 11 is 0. The van der Waals surface area contributed by atoms with E-state index in [4.69, 9.17) is 15.1 Å². The van der Waals surface area contributed by atoms with Crippen LogP contribution in [0.25, 0.3) is 0 Å². The SMILES string of the molecule is OB(O)O.[Nd].[Zn]. The van der Waals surface area contributed by atoms with E-state index in [2.05, 4.69) is 0 Å². The van der Waals surface area contributed by atoms with Gasteiger partial charge in [0.25, 0.3) is 0 Å². The van der Waals surface area contributed by atoms with Crippen LogP contribution in [0.1, 0.15) is 0 Å². The van der Waals surface area contributed by atoms with Gasteiger partial charge in [0.05, 0.1) is 0 Å². The van der Waals surface area contributed by atoms with Crippen LogP contribution in [0.3, 0.4) is 0 Å². The molecule has 0 saturated carbocycles. The van der Waals surface area contributed by atoms with Gasteiger partial charge in [-0.25, -0.2) is 0 Å². The van der Waals surface area contributed by atoms with Crippen LogP contribution in [-0.4, -0.2) is 22.4 Å². The zero-order valence-corrected chi connectivity index (χ0v) is 9.30. The number of rotatable bonds is 0. The van der Waals surface area contributed by atoms with E-state index in [1.807, 2.05) is 0 Å². The predicted molar refractivity (Wildman–Crippen MR) is 12.4 cm³/mol. The van der Waals surface area contributed by atoms with Gasteiger partial charge in [0.2, 0.25) is 0 Å². The van der Waals surface area contributed by atoms with Gasteiger partial charge in [-0.05, 0) is 0 Å². The van der Waals surface area contributed by atoms with Gasteiger partial charge in [-0.1, -0.05) is 0 Å². The molecular weight excluding hydrogens is 268 g/mol. The third-order valence-corrected chi connectivity index (χ3v) is 0. The summed E-state index contributed by atoms with van der Waals surface area (Å²) in [5, 5.41) is 21.5. The molecule has 0 spiro atoms. The molecule has 0 saturated heterocycles. The van der Waals surface area contributed by atoms with Crippen LogP contribution < -0.4 is 0 Å². The van der Waals surface area contributed by atoms with Gasteiger partial charge in [-0.2, -0.15) is 0 Å². The normalized spacial score (nSPS) is 4.50. The van der Waals surface area contributed by atoms with Crippen molar-refractivity contribution in [3.8, 4) is 0 Å². The van der Waals surface area contributed by atoms with E-state index in [9.17, 15) is 0 Å². The number of hydrogen-bond acceptors (Lipinski definition) is 3. The van der Waals surface area contributed by atoms with Crippen LogP contribution in [0.4, 0.5) is 0 Å². The molecule has 0 radical (unpaired) electrons. The molecule has 3 nitrogen and oxygen atoms in total. The first kappa shape index (κ1) is 15.7. The topological polar surface area (TPSA) is 60.7 Å². The molecule has 0 aliphatic rings. The monoisotopic (exact) mass is 268 g/mol. The maximum Gasteiger partial charge on any atom is 0.631 e. The van der Waals surface area contributed by atoms with Gasteiger partial charge in [-0.15, -0.1) is 0 Å². The summed E-state index contributed by atoms with van der Waals surface area (Å²) in [6, 6.07) is 0. The first-order chi connectivity index (χ1) is 1.73. The van der Waals surface area contributed by atoms with E-state index >= 15 is 0 Å². The zero-order chi connectivity index (χ0) is 3.58. The summed E-state index contributed by atoms with van der Waals surface area (Å²) in [4.78, 5) is 0. The maximum atomic E-state index is 7.17. The van der Waals surface area contributed by atoms with E-state index < -0.39 is 7.32 Å². The van der Waals surface area contributed by atoms with Crippen molar-refractivity contribution in [2.45, 2.75) is 0 Å². The van der Waals surface area contributed by atoms with Crippen molar-refractivity contribution < 1.29 is 75.4 Å². The van der Waals surface area contributed by atoms with E-state index in [1.165, 1.54) is 0 Å². The number of hydrogen-bond donors (Lipinski definition) is 3. The molecule has 3 N–H and O–H groups in total. The molecule has 0 rings (SSSR count). The van der Waals surface area contributed by atoms with Gasteiger partial charge < -0.3 is 15.1 Å². The van der Waals surface area contributed by atoms with Crippen LogP contribution in [0, 0.1) is 40.8 Å². The zero-order valence-electron chi connectivity index (χ0n) is 3.13. The summed E-state index contributed by atoms with van der Waals surface area (Å²) in [5.74, 6) is 0. The van der Waals surface area contributed by atoms with Crippen molar-refractivity contribution in [2.24, 2.45) is 0 Å². The molecule has 0 amide bonds. The van der Waals surface area contributed by atoms with Crippen molar-refractivity contribution in [1.29, 1.82) is 0 Å². The van der Waals surface area contributed by atoms with E-state index in [-0.39, 0.29) is 60.3 Å². The fourth-order valence-electron chi connectivity index (χ4n) is 0. The Morgan fingerprint density at radius 1 is 1.00 bits per heavy atom. The molecule has 0 fully saturated rings. The molecule has 30 valence electrons. The Labute approximate surface area is 81.6 Å². The third kappa shape index (κ3) is 38.9. The molecule has 0 atom stereocenters. The second kappa shape index (κ2) is 10.0. The minimum absolute atomic E-state index is 0. The average Bonchev–Trinajstić information content (AvgIpc) is 0.811. The Bertz CT molecular complexity index is 15.5. The van der Waals surface area contributed by atoms with Crippen molar-refractivity contribution in [1.82, 2.24) is 0 Å². The van der Waals surface area contributed by atoms with Crippen LogP contribution in [0.15, 0.2) is 0 Å². The fraction of sp³-hybridized carbons (Fsp3) is 0.